The van der Waals surface area contributed by atoms with Crippen molar-refractivity contribution in [3.63, 3.8) is 0 Å². The molecule has 0 radical (unpaired) electrons. The molecule has 7 heteroatoms. The van der Waals surface area contributed by atoms with Gasteiger partial charge in [0.25, 0.3) is 0 Å². The van der Waals surface area contributed by atoms with Gasteiger partial charge < -0.3 is 11.1 Å². The summed E-state index contributed by atoms with van der Waals surface area (Å²) in [4.78, 5) is 0.288. The van der Waals surface area contributed by atoms with Crippen molar-refractivity contribution in [2.45, 2.75) is 24.9 Å². The third kappa shape index (κ3) is 2.64. The van der Waals surface area contributed by atoms with Crippen molar-refractivity contribution in [1.82, 2.24) is 0 Å². The number of nitrogen functional groups attached to an aromatic ring is 1. The zero-order valence-electron chi connectivity index (χ0n) is 8.77. The molecule has 1 fully saturated rings. The maximum absolute atomic E-state index is 12.1. The van der Waals surface area contributed by atoms with Crippen LogP contribution in [0.3, 0.4) is 0 Å². The normalized spacial score (nSPS) is 15.6. The molecule has 1 saturated carbocycles. The van der Waals surface area contributed by atoms with Crippen LogP contribution in [0.15, 0.2) is 0 Å². The van der Waals surface area contributed by atoms with E-state index in [2.05, 4.69) is 5.32 Å². The quantitative estimate of drug-likeness (QED) is 0.879. The van der Waals surface area contributed by atoms with E-state index in [0.29, 0.717) is 16.3 Å². The molecular weight excluding hydrogens is 251 g/mol. The summed E-state index contributed by atoms with van der Waals surface area (Å²) in [5.74, 6) is 0.212. The lowest BCUT2D eigenvalue weighted by Gasteiger charge is -2.09. The van der Waals surface area contributed by atoms with Gasteiger partial charge in [0.2, 0.25) is 0 Å². The van der Waals surface area contributed by atoms with E-state index < -0.39 is 12.7 Å². The van der Waals surface area contributed by atoms with Gasteiger partial charge in [-0.2, -0.15) is 18.4 Å². The largest absolute Gasteiger partial charge is 0.405 e. The van der Waals surface area contributed by atoms with Gasteiger partial charge in [-0.25, -0.2) is 0 Å². The summed E-state index contributed by atoms with van der Waals surface area (Å²) in [6, 6.07) is 1.91. The van der Waals surface area contributed by atoms with Crippen LogP contribution >= 0.6 is 11.3 Å². The Morgan fingerprint density at radius 1 is 1.47 bits per heavy atom. The molecule has 1 aromatic heterocycles. The molecule has 0 bridgehead atoms. The summed E-state index contributed by atoms with van der Waals surface area (Å²) in [5, 5.41) is 11.5. The lowest BCUT2D eigenvalue weighted by molar-refractivity contribution is -0.115. The molecule has 0 aliphatic heterocycles. The Hall–Kier alpha value is -1.42. The number of thiophene rings is 1. The number of nitrogens with two attached hydrogens (primary N) is 1. The monoisotopic (exact) mass is 261 g/mol. The number of rotatable bonds is 3. The molecule has 0 atom stereocenters. The van der Waals surface area contributed by atoms with Gasteiger partial charge in [0, 0.05) is 5.56 Å². The van der Waals surface area contributed by atoms with Crippen LogP contribution in [0.4, 0.5) is 23.9 Å². The van der Waals surface area contributed by atoms with Crippen LogP contribution in [0, 0.1) is 11.3 Å². The van der Waals surface area contributed by atoms with Crippen LogP contribution in [-0.4, -0.2) is 12.7 Å². The van der Waals surface area contributed by atoms with Crippen molar-refractivity contribution >= 4 is 22.0 Å². The van der Waals surface area contributed by atoms with E-state index in [-0.39, 0.29) is 10.8 Å². The van der Waals surface area contributed by atoms with Crippen LogP contribution in [0.2, 0.25) is 0 Å². The van der Waals surface area contributed by atoms with Gasteiger partial charge in [-0.05, 0) is 18.8 Å². The summed E-state index contributed by atoms with van der Waals surface area (Å²) >= 11 is 0.998. The Balaban J connectivity index is 2.24. The van der Waals surface area contributed by atoms with Crippen LogP contribution in [-0.2, 0) is 0 Å². The predicted octanol–water partition coefficient (Wildman–Crippen LogP) is 3.05. The van der Waals surface area contributed by atoms with E-state index >= 15 is 0 Å². The highest BCUT2D eigenvalue weighted by Gasteiger charge is 2.33. The number of anilines is 2. The highest BCUT2D eigenvalue weighted by molar-refractivity contribution is 7.17. The Kier molecular flexibility index (Phi) is 2.91. The molecule has 1 aromatic rings. The number of nitriles is 1. The van der Waals surface area contributed by atoms with Crippen molar-refractivity contribution in [2.75, 3.05) is 17.6 Å². The predicted molar refractivity (Wildman–Crippen MR) is 60.0 cm³/mol. The fourth-order valence-corrected chi connectivity index (χ4v) is 2.63. The number of nitrogens with one attached hydrogen (secondary N) is 1. The summed E-state index contributed by atoms with van der Waals surface area (Å²) in [6.45, 7) is -1.10. The molecule has 0 saturated heterocycles. The second-order valence-electron chi connectivity index (χ2n) is 3.94. The SMILES string of the molecule is N#Cc1sc(NCC(F)(F)F)c(C2CC2)c1N. The van der Waals surface area contributed by atoms with Gasteiger partial charge >= 0.3 is 6.18 Å². The van der Waals surface area contributed by atoms with Crippen LogP contribution in [0.25, 0.3) is 0 Å². The first-order chi connectivity index (χ1) is 7.92. The summed E-state index contributed by atoms with van der Waals surface area (Å²) in [5.41, 5.74) is 6.79. The number of hydrogen-bond donors (Lipinski definition) is 2. The first-order valence-electron chi connectivity index (χ1n) is 5.05. The fourth-order valence-electron chi connectivity index (χ4n) is 1.63. The maximum Gasteiger partial charge on any atom is 0.405 e. The minimum atomic E-state index is -4.27. The Bertz CT molecular complexity index is 468. The molecule has 17 heavy (non-hydrogen) atoms. The van der Waals surface area contributed by atoms with Crippen LogP contribution < -0.4 is 11.1 Å². The molecule has 3 nitrogen and oxygen atoms in total. The molecule has 0 aromatic carbocycles. The zero-order chi connectivity index (χ0) is 12.6. The van der Waals surface area contributed by atoms with E-state index in [0.717, 1.165) is 24.2 Å². The molecular formula is C10H10F3N3S. The van der Waals surface area contributed by atoms with Gasteiger partial charge in [0.1, 0.15) is 17.5 Å². The number of alkyl halides is 3. The third-order valence-corrected chi connectivity index (χ3v) is 3.60. The molecule has 92 valence electrons. The van der Waals surface area contributed by atoms with Crippen molar-refractivity contribution in [2.24, 2.45) is 0 Å². The van der Waals surface area contributed by atoms with E-state index in [1.165, 1.54) is 0 Å². The molecule has 1 aliphatic rings. The zero-order valence-corrected chi connectivity index (χ0v) is 9.58. The molecule has 0 amide bonds. The minimum Gasteiger partial charge on any atom is -0.397 e. The highest BCUT2D eigenvalue weighted by Crippen LogP contribution is 2.50. The second kappa shape index (κ2) is 4.11. The summed E-state index contributed by atoms with van der Waals surface area (Å²) in [6.07, 6.45) is -2.43. The number of halogens is 3. The van der Waals surface area contributed by atoms with Gasteiger partial charge in [-0.3, -0.25) is 0 Å². The standard InChI is InChI=1S/C10H10F3N3S/c11-10(12,13)4-16-9-7(5-1-2-5)8(15)6(3-14)17-9/h5,16H,1-2,4,15H2. The van der Waals surface area contributed by atoms with E-state index in [9.17, 15) is 13.2 Å². The Morgan fingerprint density at radius 3 is 2.59 bits per heavy atom. The van der Waals surface area contributed by atoms with Crippen LogP contribution in [0.1, 0.15) is 29.2 Å². The van der Waals surface area contributed by atoms with Crippen molar-refractivity contribution in [1.29, 1.82) is 5.26 Å². The average molecular weight is 261 g/mol. The minimum absolute atomic E-state index is 0.212. The van der Waals surface area contributed by atoms with Crippen molar-refractivity contribution in [3.8, 4) is 6.07 Å². The lowest BCUT2D eigenvalue weighted by Crippen LogP contribution is -2.21. The van der Waals surface area contributed by atoms with Crippen LogP contribution in [0.5, 0.6) is 0 Å². The topological polar surface area (TPSA) is 61.8 Å². The van der Waals surface area contributed by atoms with Crippen molar-refractivity contribution < 1.29 is 13.2 Å². The van der Waals surface area contributed by atoms with Gasteiger partial charge in [-0.1, -0.05) is 0 Å². The summed E-state index contributed by atoms with van der Waals surface area (Å²) in [7, 11) is 0. The maximum atomic E-state index is 12.1. The lowest BCUT2D eigenvalue weighted by atomic mass is 10.1. The van der Waals surface area contributed by atoms with E-state index in [1.54, 1.807) is 0 Å². The van der Waals surface area contributed by atoms with Gasteiger partial charge in [0.05, 0.1) is 10.7 Å². The highest BCUT2D eigenvalue weighted by atomic mass is 32.1. The fraction of sp³-hybridized carbons (Fsp3) is 0.500. The number of hydrogen-bond acceptors (Lipinski definition) is 4. The Labute approximate surface area is 100 Å². The molecule has 0 unspecified atom stereocenters. The average Bonchev–Trinajstić information content (AvgIpc) is 3.00. The molecule has 1 aliphatic carbocycles. The number of nitrogens with zero attached hydrogens (tertiary/aromatic N) is 1. The van der Waals surface area contributed by atoms with E-state index in [1.807, 2.05) is 6.07 Å². The third-order valence-electron chi connectivity index (χ3n) is 2.52. The molecule has 1 heterocycles. The molecule has 2 rings (SSSR count). The van der Waals surface area contributed by atoms with E-state index in [4.69, 9.17) is 11.0 Å². The first-order valence-corrected chi connectivity index (χ1v) is 5.87. The van der Waals surface area contributed by atoms with Gasteiger partial charge in [0.15, 0.2) is 0 Å². The molecule has 3 N–H and O–H groups in total. The van der Waals surface area contributed by atoms with Gasteiger partial charge in [-0.15, -0.1) is 11.3 Å². The smallest absolute Gasteiger partial charge is 0.397 e. The first kappa shape index (κ1) is 12.0. The summed E-state index contributed by atoms with van der Waals surface area (Å²) < 4.78 is 36.4. The Morgan fingerprint density at radius 2 is 2.12 bits per heavy atom. The molecule has 0 spiro atoms. The second-order valence-corrected chi connectivity index (χ2v) is 4.96. The van der Waals surface area contributed by atoms with Crippen molar-refractivity contribution in [3.05, 3.63) is 10.4 Å².